The Morgan fingerprint density at radius 2 is 1.81 bits per heavy atom. The number of hydrogen-bond acceptors (Lipinski definition) is 5. The van der Waals surface area contributed by atoms with Gasteiger partial charge in [0.05, 0.1) is 24.1 Å². The Labute approximate surface area is 158 Å². The number of benzene rings is 1. The number of rotatable bonds is 4. The molecule has 0 unspecified atom stereocenters. The van der Waals surface area contributed by atoms with E-state index < -0.39 is 0 Å². The van der Waals surface area contributed by atoms with Gasteiger partial charge in [-0.2, -0.15) is 0 Å². The van der Waals surface area contributed by atoms with Crippen LogP contribution in [0.25, 0.3) is 0 Å². The summed E-state index contributed by atoms with van der Waals surface area (Å²) in [4.78, 5) is 32.1. The number of aromatic nitrogens is 1. The van der Waals surface area contributed by atoms with Crippen LogP contribution < -0.4 is 5.32 Å². The zero-order valence-electron chi connectivity index (χ0n) is 15.6. The quantitative estimate of drug-likeness (QED) is 0.898. The largest absolute Gasteiger partial charge is 0.450 e. The molecule has 1 N–H and O–H groups in total. The van der Waals surface area contributed by atoms with Gasteiger partial charge in [-0.3, -0.25) is 9.78 Å². The molecule has 2 amide bonds. The van der Waals surface area contributed by atoms with Gasteiger partial charge in [-0.05, 0) is 37.6 Å². The molecule has 0 radical (unpaired) electrons. The van der Waals surface area contributed by atoms with Crippen LogP contribution in [0.3, 0.4) is 0 Å². The number of pyridine rings is 1. The first-order valence-corrected chi connectivity index (χ1v) is 9.06. The molecule has 1 aromatic heterocycles. The van der Waals surface area contributed by atoms with Gasteiger partial charge in [-0.25, -0.2) is 4.79 Å². The summed E-state index contributed by atoms with van der Waals surface area (Å²) in [5.74, 6) is -0.0844. The number of nitrogens with zero attached hydrogens (tertiary/aromatic N) is 3. The molecular weight excluding hydrogens is 344 g/mol. The lowest BCUT2D eigenvalue weighted by molar-refractivity contribution is 0.0570. The van der Waals surface area contributed by atoms with E-state index in [-0.39, 0.29) is 12.0 Å². The summed E-state index contributed by atoms with van der Waals surface area (Å²) < 4.78 is 5.01. The lowest BCUT2D eigenvalue weighted by Crippen LogP contribution is -2.50. The zero-order valence-corrected chi connectivity index (χ0v) is 15.6. The monoisotopic (exact) mass is 368 g/mol. The topological polar surface area (TPSA) is 74.8 Å². The molecule has 0 atom stereocenters. The fourth-order valence-corrected chi connectivity index (χ4v) is 3.00. The van der Waals surface area contributed by atoms with E-state index in [0.717, 1.165) is 16.9 Å². The molecule has 2 aromatic rings. The van der Waals surface area contributed by atoms with E-state index in [1.54, 1.807) is 35.2 Å². The summed E-state index contributed by atoms with van der Waals surface area (Å²) in [6.07, 6.45) is 2.94. The van der Waals surface area contributed by atoms with Gasteiger partial charge in [0, 0.05) is 38.1 Å². The minimum absolute atomic E-state index is 0.0844. The van der Waals surface area contributed by atoms with Crippen molar-refractivity contribution in [3.8, 4) is 0 Å². The van der Waals surface area contributed by atoms with E-state index in [2.05, 4.69) is 10.3 Å². The molecule has 1 aliphatic heterocycles. The summed E-state index contributed by atoms with van der Waals surface area (Å²) >= 11 is 0. The van der Waals surface area contributed by atoms with Gasteiger partial charge in [-0.15, -0.1) is 0 Å². The first kappa shape index (κ1) is 18.7. The van der Waals surface area contributed by atoms with Crippen molar-refractivity contribution in [3.63, 3.8) is 0 Å². The number of anilines is 2. The zero-order chi connectivity index (χ0) is 19.2. The van der Waals surface area contributed by atoms with Crippen LogP contribution in [0.1, 0.15) is 22.8 Å². The smallest absolute Gasteiger partial charge is 0.409 e. The van der Waals surface area contributed by atoms with Crippen LogP contribution in [0.15, 0.2) is 42.7 Å². The Morgan fingerprint density at radius 3 is 2.52 bits per heavy atom. The van der Waals surface area contributed by atoms with E-state index in [9.17, 15) is 9.59 Å². The van der Waals surface area contributed by atoms with Crippen LogP contribution in [0.5, 0.6) is 0 Å². The fourth-order valence-electron chi connectivity index (χ4n) is 3.00. The summed E-state index contributed by atoms with van der Waals surface area (Å²) in [7, 11) is 0. The van der Waals surface area contributed by atoms with Crippen molar-refractivity contribution in [2.45, 2.75) is 13.8 Å². The first-order valence-electron chi connectivity index (χ1n) is 9.06. The SMILES string of the molecule is CCOC(=O)N1CCN(C(=O)c2cncc(Nc3cccc(C)c3)c2)CC1. The molecule has 0 bridgehead atoms. The van der Waals surface area contributed by atoms with Gasteiger partial charge in [0.2, 0.25) is 0 Å². The number of ether oxygens (including phenoxy) is 1. The molecule has 0 saturated carbocycles. The van der Waals surface area contributed by atoms with E-state index in [0.29, 0.717) is 38.3 Å². The second-order valence-electron chi connectivity index (χ2n) is 6.43. The van der Waals surface area contributed by atoms with E-state index in [1.807, 2.05) is 31.2 Å². The number of piperazine rings is 1. The predicted molar refractivity (Wildman–Crippen MR) is 103 cm³/mol. The highest BCUT2D eigenvalue weighted by Gasteiger charge is 2.25. The van der Waals surface area contributed by atoms with Gasteiger partial charge >= 0.3 is 6.09 Å². The van der Waals surface area contributed by atoms with Crippen LogP contribution in [-0.2, 0) is 4.74 Å². The van der Waals surface area contributed by atoms with Crippen molar-refractivity contribution in [2.24, 2.45) is 0 Å². The standard InChI is InChI=1S/C20H24N4O3/c1-3-27-20(26)24-9-7-23(8-10-24)19(25)16-12-18(14-21-13-16)22-17-6-4-5-15(2)11-17/h4-6,11-14,22H,3,7-10H2,1-2H3. The Bertz CT molecular complexity index is 816. The summed E-state index contributed by atoms with van der Waals surface area (Å²) in [5.41, 5.74) is 3.39. The van der Waals surface area contributed by atoms with Crippen LogP contribution in [-0.4, -0.2) is 59.6 Å². The molecule has 7 nitrogen and oxygen atoms in total. The van der Waals surface area contributed by atoms with Crippen LogP contribution >= 0.6 is 0 Å². The van der Waals surface area contributed by atoms with Crippen LogP contribution in [0.4, 0.5) is 16.2 Å². The summed E-state index contributed by atoms with van der Waals surface area (Å²) in [6, 6.07) is 9.80. The average Bonchev–Trinajstić information content (AvgIpc) is 2.68. The molecule has 1 fully saturated rings. The molecular formula is C20H24N4O3. The number of carbonyl (C=O) groups excluding carboxylic acids is 2. The van der Waals surface area contributed by atoms with E-state index in [1.165, 1.54) is 0 Å². The van der Waals surface area contributed by atoms with Crippen LogP contribution in [0, 0.1) is 6.92 Å². The Morgan fingerprint density at radius 1 is 1.07 bits per heavy atom. The summed E-state index contributed by atoms with van der Waals surface area (Å²) in [5, 5.41) is 3.28. The minimum atomic E-state index is -0.324. The highest BCUT2D eigenvalue weighted by Crippen LogP contribution is 2.19. The molecule has 1 aliphatic rings. The maximum absolute atomic E-state index is 12.8. The van der Waals surface area contributed by atoms with E-state index >= 15 is 0 Å². The molecule has 7 heteroatoms. The Hall–Kier alpha value is -3.09. The van der Waals surface area contributed by atoms with Gasteiger partial charge < -0.3 is 19.9 Å². The van der Waals surface area contributed by atoms with Crippen molar-refractivity contribution < 1.29 is 14.3 Å². The number of hydrogen-bond donors (Lipinski definition) is 1. The van der Waals surface area contributed by atoms with Crippen molar-refractivity contribution in [2.75, 3.05) is 38.1 Å². The fraction of sp³-hybridized carbons (Fsp3) is 0.350. The third-order valence-corrected chi connectivity index (χ3v) is 4.38. The maximum Gasteiger partial charge on any atom is 0.409 e. The Balaban J connectivity index is 1.63. The highest BCUT2D eigenvalue weighted by molar-refractivity contribution is 5.95. The van der Waals surface area contributed by atoms with Gasteiger partial charge in [0.1, 0.15) is 0 Å². The average molecular weight is 368 g/mol. The molecule has 1 saturated heterocycles. The van der Waals surface area contributed by atoms with Gasteiger partial charge in [0.25, 0.3) is 5.91 Å². The summed E-state index contributed by atoms with van der Waals surface area (Å²) in [6.45, 7) is 6.06. The number of aryl methyl sites for hydroxylation is 1. The molecule has 2 heterocycles. The maximum atomic E-state index is 12.8. The molecule has 0 spiro atoms. The third-order valence-electron chi connectivity index (χ3n) is 4.38. The highest BCUT2D eigenvalue weighted by atomic mass is 16.6. The number of carbonyl (C=O) groups is 2. The van der Waals surface area contributed by atoms with E-state index in [4.69, 9.17) is 4.74 Å². The van der Waals surface area contributed by atoms with Crippen molar-refractivity contribution >= 4 is 23.4 Å². The minimum Gasteiger partial charge on any atom is -0.450 e. The molecule has 0 aliphatic carbocycles. The van der Waals surface area contributed by atoms with Crippen molar-refractivity contribution in [1.29, 1.82) is 0 Å². The number of nitrogens with one attached hydrogen (secondary N) is 1. The van der Waals surface area contributed by atoms with Crippen molar-refractivity contribution in [1.82, 2.24) is 14.8 Å². The molecule has 1 aromatic carbocycles. The number of amides is 2. The molecule has 3 rings (SSSR count). The van der Waals surface area contributed by atoms with Gasteiger partial charge in [-0.1, -0.05) is 12.1 Å². The van der Waals surface area contributed by atoms with Gasteiger partial charge in [0.15, 0.2) is 0 Å². The van der Waals surface area contributed by atoms with Crippen LogP contribution in [0.2, 0.25) is 0 Å². The lowest BCUT2D eigenvalue weighted by atomic mass is 10.2. The first-order chi connectivity index (χ1) is 13.1. The van der Waals surface area contributed by atoms with Crippen molar-refractivity contribution in [3.05, 3.63) is 53.9 Å². The second kappa shape index (κ2) is 8.53. The predicted octanol–water partition coefficient (Wildman–Crippen LogP) is 3.05. The Kier molecular flexibility index (Phi) is 5.90. The normalized spacial score (nSPS) is 14.0. The lowest BCUT2D eigenvalue weighted by Gasteiger charge is -2.34. The second-order valence-corrected chi connectivity index (χ2v) is 6.43. The molecule has 27 heavy (non-hydrogen) atoms. The molecule has 142 valence electrons. The third kappa shape index (κ3) is 4.75.